The number of aryl methyl sites for hydroxylation is 1. The minimum Gasteiger partial charge on any atom is -0.370 e. The number of hydrogen-bond acceptors (Lipinski definition) is 3. The highest BCUT2D eigenvalue weighted by Gasteiger charge is 2.14. The van der Waals surface area contributed by atoms with Crippen LogP contribution in [0, 0.1) is 6.92 Å². The molecule has 0 aliphatic rings. The van der Waals surface area contributed by atoms with Crippen LogP contribution in [0.2, 0.25) is 0 Å². The predicted octanol–water partition coefficient (Wildman–Crippen LogP) is -0.877. The fraction of sp³-hybridized carbons (Fsp3) is 0.200. The number of sulfonamides is 1. The molecule has 0 aromatic heterocycles. The molecule has 0 bridgehead atoms. The second-order valence-corrected chi connectivity index (χ2v) is 5.52. The average molecular weight is 284 g/mol. The molecule has 0 spiro atoms. The Hall–Kier alpha value is -2.13. The van der Waals surface area contributed by atoms with Gasteiger partial charge in [0, 0.05) is 0 Å². The van der Waals surface area contributed by atoms with Crippen molar-refractivity contribution < 1.29 is 8.42 Å². The minimum atomic E-state index is -3.56. The van der Waals surface area contributed by atoms with Crippen LogP contribution in [-0.2, 0) is 10.0 Å². The maximum Gasteiger partial charge on any atom is 0.240 e. The smallest absolute Gasteiger partial charge is 0.240 e. The van der Waals surface area contributed by atoms with Crippen molar-refractivity contribution in [3.8, 4) is 0 Å². The summed E-state index contributed by atoms with van der Waals surface area (Å²) < 4.78 is 25.8. The second-order valence-electron chi connectivity index (χ2n) is 3.66. The van der Waals surface area contributed by atoms with E-state index in [0.29, 0.717) is 11.3 Å². The lowest BCUT2D eigenvalue weighted by molar-refractivity contribution is 0.587. The van der Waals surface area contributed by atoms with Crippen molar-refractivity contribution >= 4 is 27.6 Å². The number of nitrogens with zero attached hydrogens (tertiary/aromatic N) is 2. The van der Waals surface area contributed by atoms with E-state index in [1.807, 2.05) is 0 Å². The number of hydrogen-bond donors (Lipinski definition) is 4. The van der Waals surface area contributed by atoms with Crippen LogP contribution in [0.15, 0.2) is 33.1 Å². The third kappa shape index (κ3) is 3.93. The fourth-order valence-corrected chi connectivity index (χ4v) is 2.34. The Labute approximate surface area is 111 Å². The van der Waals surface area contributed by atoms with Crippen LogP contribution in [0.25, 0.3) is 0 Å². The second kappa shape index (κ2) is 5.67. The van der Waals surface area contributed by atoms with E-state index in [2.05, 4.69) is 14.7 Å². The van der Waals surface area contributed by atoms with Crippen LogP contribution in [-0.4, -0.2) is 27.4 Å². The number of aliphatic imine (C=N–C) groups is 2. The van der Waals surface area contributed by atoms with Gasteiger partial charge < -0.3 is 17.2 Å². The summed E-state index contributed by atoms with van der Waals surface area (Å²) in [5, 5.41) is 0. The van der Waals surface area contributed by atoms with Gasteiger partial charge in [-0.3, -0.25) is 0 Å². The number of nitrogens with one attached hydrogen (secondary N) is 1. The number of benzene rings is 1. The highest BCUT2D eigenvalue weighted by atomic mass is 32.2. The molecular formula is C10H16N6O2S. The van der Waals surface area contributed by atoms with Gasteiger partial charge in [0.25, 0.3) is 0 Å². The van der Waals surface area contributed by atoms with E-state index in [1.165, 1.54) is 13.1 Å². The number of rotatable bonds is 3. The highest BCUT2D eigenvalue weighted by Crippen LogP contribution is 2.21. The minimum absolute atomic E-state index is 0.119. The molecule has 1 aromatic rings. The Morgan fingerprint density at radius 1 is 1.26 bits per heavy atom. The molecule has 0 unspecified atom stereocenters. The first kappa shape index (κ1) is 14.9. The SMILES string of the molecule is CNS(=O)(=O)c1cc(N=C(N)N=C(N)N)ccc1C. The van der Waals surface area contributed by atoms with Gasteiger partial charge >= 0.3 is 0 Å². The lowest BCUT2D eigenvalue weighted by Crippen LogP contribution is -2.26. The molecular weight excluding hydrogens is 268 g/mol. The molecule has 9 heteroatoms. The van der Waals surface area contributed by atoms with Gasteiger partial charge in [0.05, 0.1) is 10.6 Å². The quantitative estimate of drug-likeness (QED) is 0.420. The molecule has 0 radical (unpaired) electrons. The maximum atomic E-state index is 11.8. The summed E-state index contributed by atoms with van der Waals surface area (Å²) in [6.07, 6.45) is 0. The molecule has 104 valence electrons. The molecule has 19 heavy (non-hydrogen) atoms. The summed E-state index contributed by atoms with van der Waals surface area (Å²) >= 11 is 0. The Bertz CT molecular complexity index is 631. The monoisotopic (exact) mass is 284 g/mol. The van der Waals surface area contributed by atoms with Gasteiger partial charge in [-0.05, 0) is 31.7 Å². The van der Waals surface area contributed by atoms with E-state index in [1.54, 1.807) is 19.1 Å². The summed E-state index contributed by atoms with van der Waals surface area (Å²) in [6.45, 7) is 1.68. The first-order valence-electron chi connectivity index (χ1n) is 5.24. The largest absolute Gasteiger partial charge is 0.370 e. The van der Waals surface area contributed by atoms with Gasteiger partial charge in [-0.15, -0.1) is 0 Å². The molecule has 7 N–H and O–H groups in total. The van der Waals surface area contributed by atoms with E-state index in [-0.39, 0.29) is 16.8 Å². The first-order valence-corrected chi connectivity index (χ1v) is 6.72. The highest BCUT2D eigenvalue weighted by molar-refractivity contribution is 7.89. The Morgan fingerprint density at radius 3 is 2.42 bits per heavy atom. The topological polar surface area (TPSA) is 149 Å². The van der Waals surface area contributed by atoms with Crippen molar-refractivity contribution in [1.29, 1.82) is 0 Å². The van der Waals surface area contributed by atoms with E-state index in [9.17, 15) is 8.42 Å². The van der Waals surface area contributed by atoms with Crippen LogP contribution < -0.4 is 21.9 Å². The van der Waals surface area contributed by atoms with Crippen LogP contribution in [0.5, 0.6) is 0 Å². The zero-order chi connectivity index (χ0) is 14.6. The molecule has 0 fully saturated rings. The summed E-state index contributed by atoms with van der Waals surface area (Å²) in [6, 6.07) is 4.61. The number of nitrogens with two attached hydrogens (primary N) is 3. The van der Waals surface area contributed by atoms with Gasteiger partial charge in [0.15, 0.2) is 5.96 Å². The van der Waals surface area contributed by atoms with Crippen LogP contribution in [0.1, 0.15) is 5.56 Å². The van der Waals surface area contributed by atoms with Crippen molar-refractivity contribution in [2.24, 2.45) is 27.2 Å². The van der Waals surface area contributed by atoms with Gasteiger partial charge in [0.1, 0.15) is 0 Å². The third-order valence-electron chi connectivity index (χ3n) is 2.22. The summed E-state index contributed by atoms with van der Waals surface area (Å²) in [5.74, 6) is -0.381. The first-order chi connectivity index (χ1) is 8.76. The predicted molar refractivity (Wildman–Crippen MR) is 74.5 cm³/mol. The molecule has 8 nitrogen and oxygen atoms in total. The van der Waals surface area contributed by atoms with Crippen molar-refractivity contribution in [3.05, 3.63) is 23.8 Å². The molecule has 0 atom stereocenters. The molecule has 0 saturated carbocycles. The Morgan fingerprint density at radius 2 is 1.89 bits per heavy atom. The molecule has 0 aliphatic heterocycles. The van der Waals surface area contributed by atoms with Crippen LogP contribution in [0.3, 0.4) is 0 Å². The van der Waals surface area contributed by atoms with E-state index >= 15 is 0 Å². The van der Waals surface area contributed by atoms with Crippen LogP contribution >= 0.6 is 0 Å². The Balaban J connectivity index is 3.29. The Kier molecular flexibility index (Phi) is 4.46. The lowest BCUT2D eigenvalue weighted by Gasteiger charge is -2.07. The lowest BCUT2D eigenvalue weighted by atomic mass is 10.2. The molecule has 0 aliphatic carbocycles. The van der Waals surface area contributed by atoms with Gasteiger partial charge in [-0.2, -0.15) is 4.99 Å². The van der Waals surface area contributed by atoms with E-state index in [0.717, 1.165) is 0 Å². The van der Waals surface area contributed by atoms with Crippen molar-refractivity contribution in [1.82, 2.24) is 4.72 Å². The summed E-state index contributed by atoms with van der Waals surface area (Å²) in [7, 11) is -2.22. The van der Waals surface area contributed by atoms with Gasteiger partial charge in [0.2, 0.25) is 16.0 Å². The van der Waals surface area contributed by atoms with Gasteiger partial charge in [-0.1, -0.05) is 6.07 Å². The molecule has 0 heterocycles. The van der Waals surface area contributed by atoms with Crippen LogP contribution in [0.4, 0.5) is 5.69 Å². The average Bonchev–Trinajstić information content (AvgIpc) is 2.30. The van der Waals surface area contributed by atoms with Crippen molar-refractivity contribution in [2.75, 3.05) is 7.05 Å². The molecule has 0 amide bonds. The van der Waals surface area contributed by atoms with Crippen molar-refractivity contribution in [3.63, 3.8) is 0 Å². The fourth-order valence-electron chi connectivity index (χ4n) is 1.35. The maximum absolute atomic E-state index is 11.8. The molecule has 0 saturated heterocycles. The molecule has 1 rings (SSSR count). The zero-order valence-corrected chi connectivity index (χ0v) is 11.4. The van der Waals surface area contributed by atoms with E-state index < -0.39 is 10.0 Å². The summed E-state index contributed by atoms with van der Waals surface area (Å²) in [4.78, 5) is 7.56. The number of guanidine groups is 2. The standard InChI is InChI=1S/C10H16N6O2S/c1-6-3-4-7(15-10(13)16-9(11)12)5-8(6)19(17,18)14-2/h3-5,14H,1-2H3,(H6,11,12,13,15,16). The van der Waals surface area contributed by atoms with E-state index in [4.69, 9.17) is 17.2 Å². The summed E-state index contributed by atoms with van der Waals surface area (Å²) in [5.41, 5.74) is 16.7. The molecule has 1 aromatic carbocycles. The third-order valence-corrected chi connectivity index (χ3v) is 3.77. The van der Waals surface area contributed by atoms with Gasteiger partial charge in [-0.25, -0.2) is 18.1 Å². The zero-order valence-electron chi connectivity index (χ0n) is 10.6. The van der Waals surface area contributed by atoms with Crippen molar-refractivity contribution in [2.45, 2.75) is 11.8 Å². The normalized spacial score (nSPS) is 12.2.